The van der Waals surface area contributed by atoms with E-state index in [0.717, 1.165) is 7.11 Å². The summed E-state index contributed by atoms with van der Waals surface area (Å²) in [5.74, 6) is 0. The first kappa shape index (κ1) is 16.8. The van der Waals surface area contributed by atoms with Crippen molar-refractivity contribution in [3.05, 3.63) is 0 Å². The lowest BCUT2D eigenvalue weighted by Crippen LogP contribution is -1.55. The van der Waals surface area contributed by atoms with E-state index in [2.05, 4.69) is 0 Å². The molecule has 0 aromatic rings. The zero-order chi connectivity index (χ0) is 8.28. The Labute approximate surface area is 79.8 Å². The predicted molar refractivity (Wildman–Crippen MR) is 46.1 cm³/mol. The second-order valence-electron chi connectivity index (χ2n) is 0.348. The summed E-state index contributed by atoms with van der Waals surface area (Å²) in [4.78, 5) is 0. The molecule has 0 aliphatic carbocycles. The van der Waals surface area contributed by atoms with Crippen LogP contribution in [-0.4, -0.2) is 21.9 Å². The van der Waals surface area contributed by atoms with E-state index < -0.39 is 4.30 Å². The van der Waals surface area contributed by atoms with E-state index in [4.69, 9.17) is 63.1 Å². The van der Waals surface area contributed by atoms with Gasteiger partial charge in [0.05, 0.1) is 5.34 Å². The van der Waals surface area contributed by atoms with Crippen LogP contribution in [0.4, 0.5) is 0 Å². The van der Waals surface area contributed by atoms with Crippen LogP contribution in [0.25, 0.3) is 0 Å². The Kier molecular flexibility index (Phi) is 42.4. The zero-order valence-corrected chi connectivity index (χ0v) is 8.40. The maximum absolute atomic E-state index is 7.00. The van der Waals surface area contributed by atoms with Crippen molar-refractivity contribution in [3.63, 3.8) is 0 Å². The van der Waals surface area contributed by atoms with Crippen molar-refractivity contribution < 1.29 is 5.11 Å². The van der Waals surface area contributed by atoms with E-state index in [1.807, 2.05) is 0 Å². The number of rotatable bonds is 0. The molecule has 0 radical (unpaired) electrons. The van der Waals surface area contributed by atoms with Crippen LogP contribution in [0.2, 0.25) is 0 Å². The quantitative estimate of drug-likeness (QED) is 0.641. The Hall–Kier alpha value is 1.41. The van der Waals surface area contributed by atoms with Gasteiger partial charge in [-0.1, -0.05) is 34.8 Å². The topological polar surface area (TPSA) is 20.2 Å². The molecule has 1 nitrogen and oxygen atoms in total. The fourth-order valence-corrected chi connectivity index (χ4v) is 0. The summed E-state index contributed by atoms with van der Waals surface area (Å²) in [7, 11) is 1.00. The van der Waals surface area contributed by atoms with Crippen LogP contribution in [0.3, 0.4) is 0 Å². The van der Waals surface area contributed by atoms with Crippen LogP contribution >= 0.6 is 58.0 Å². The van der Waals surface area contributed by atoms with Gasteiger partial charge >= 0.3 is 0 Å². The first-order valence-corrected chi connectivity index (χ1v) is 4.01. The van der Waals surface area contributed by atoms with Crippen molar-refractivity contribution in [2.24, 2.45) is 0 Å². The highest BCUT2D eigenvalue weighted by atomic mass is 35.6. The molecule has 0 atom stereocenters. The Morgan fingerprint density at radius 1 is 1.11 bits per heavy atom. The molecular weight excluding hydrogens is 229 g/mol. The average Bonchev–Trinajstić information content (AvgIpc) is 1.71. The number of hydrogen-bond donors (Lipinski definition) is 1. The van der Waals surface area contributed by atoms with E-state index in [-0.39, 0.29) is 5.34 Å². The van der Waals surface area contributed by atoms with Gasteiger partial charge in [-0.3, -0.25) is 0 Å². The number of alkyl halides is 5. The van der Waals surface area contributed by atoms with Crippen molar-refractivity contribution in [3.8, 4) is 0 Å². The third kappa shape index (κ3) is 260. The predicted octanol–water partition coefficient (Wildman–Crippen LogP) is 3.02. The number of halogens is 5. The second kappa shape index (κ2) is 22.7. The summed E-state index contributed by atoms with van der Waals surface area (Å²) in [5.41, 5.74) is 0. The molecule has 0 aliphatic rings. The monoisotopic (exact) mass is 234 g/mol. The molecule has 0 amide bonds. The fraction of sp³-hybridized carbons (Fsp3) is 1.00. The van der Waals surface area contributed by atoms with Crippen LogP contribution < -0.4 is 0 Å². The van der Waals surface area contributed by atoms with Gasteiger partial charge in [0, 0.05) is 7.11 Å². The van der Waals surface area contributed by atoms with Crippen molar-refractivity contribution in [2.45, 2.75) is 4.30 Å². The van der Waals surface area contributed by atoms with Crippen molar-refractivity contribution >= 4 is 58.0 Å². The Balaban J connectivity index is -0.0000000646. The first-order valence-electron chi connectivity index (χ1n) is 1.64. The highest BCUT2D eigenvalue weighted by molar-refractivity contribution is 6.63. The van der Waals surface area contributed by atoms with Crippen molar-refractivity contribution in [1.82, 2.24) is 0 Å². The van der Waals surface area contributed by atoms with Crippen LogP contribution in [0, 0.1) is 0 Å². The van der Waals surface area contributed by atoms with Gasteiger partial charge in [0.2, 0.25) is 0 Å². The largest absolute Gasteiger partial charge is 0.400 e. The van der Waals surface area contributed by atoms with E-state index in [0.29, 0.717) is 0 Å². The van der Waals surface area contributed by atoms with Gasteiger partial charge in [-0.2, -0.15) is 0 Å². The minimum absolute atomic E-state index is 0.194. The lowest BCUT2D eigenvalue weighted by molar-refractivity contribution is 0.399. The maximum Gasteiger partial charge on any atom is 0.180 e. The standard InChI is InChI=1S/CHCl3.CH2Cl2.CH4O/c2-1(3)4;2-1-3;1-2/h1H;1H2;2H,1H3. The molecule has 0 saturated carbocycles. The highest BCUT2D eigenvalue weighted by Gasteiger charge is 1.78. The van der Waals surface area contributed by atoms with Crippen LogP contribution in [0.5, 0.6) is 0 Å². The molecule has 9 heavy (non-hydrogen) atoms. The van der Waals surface area contributed by atoms with Gasteiger partial charge in [0.15, 0.2) is 4.30 Å². The molecule has 0 unspecified atom stereocenters. The Morgan fingerprint density at radius 3 is 1.11 bits per heavy atom. The summed E-state index contributed by atoms with van der Waals surface area (Å²) in [6.45, 7) is 0. The molecular formula is C3H7Cl5O. The van der Waals surface area contributed by atoms with Gasteiger partial charge in [0.1, 0.15) is 0 Å². The van der Waals surface area contributed by atoms with Crippen LogP contribution in [0.1, 0.15) is 0 Å². The number of aliphatic hydroxyl groups is 1. The van der Waals surface area contributed by atoms with Crippen molar-refractivity contribution in [1.29, 1.82) is 0 Å². The average molecular weight is 236 g/mol. The molecule has 0 saturated heterocycles. The van der Waals surface area contributed by atoms with Crippen molar-refractivity contribution in [2.75, 3.05) is 12.4 Å². The molecule has 0 bridgehead atoms. The van der Waals surface area contributed by atoms with E-state index in [1.165, 1.54) is 0 Å². The second-order valence-corrected chi connectivity index (χ2v) is 3.14. The molecule has 0 aromatic heterocycles. The van der Waals surface area contributed by atoms with E-state index in [1.54, 1.807) is 0 Å². The van der Waals surface area contributed by atoms with Gasteiger partial charge < -0.3 is 5.11 Å². The summed E-state index contributed by atoms with van der Waals surface area (Å²) in [6.07, 6.45) is 0. The summed E-state index contributed by atoms with van der Waals surface area (Å²) in [6, 6.07) is 0. The lowest BCUT2D eigenvalue weighted by Gasteiger charge is -1.69. The fourth-order valence-electron chi connectivity index (χ4n) is 0. The van der Waals surface area contributed by atoms with Gasteiger partial charge in [-0.25, -0.2) is 0 Å². The SMILES string of the molecule is CO.ClC(Cl)Cl.ClCCl. The molecule has 0 aromatic carbocycles. The molecule has 60 valence electrons. The first-order chi connectivity index (χ1) is 4.15. The van der Waals surface area contributed by atoms with E-state index in [9.17, 15) is 0 Å². The number of hydrogen-bond acceptors (Lipinski definition) is 1. The van der Waals surface area contributed by atoms with Crippen LogP contribution in [-0.2, 0) is 0 Å². The molecule has 0 rings (SSSR count). The lowest BCUT2D eigenvalue weighted by atomic mass is 11.8. The third-order valence-electron chi connectivity index (χ3n) is 0. The van der Waals surface area contributed by atoms with Gasteiger partial charge in [-0.05, 0) is 0 Å². The minimum Gasteiger partial charge on any atom is -0.400 e. The summed E-state index contributed by atoms with van der Waals surface area (Å²) in [5, 5.41) is 7.19. The zero-order valence-electron chi connectivity index (χ0n) is 4.62. The third-order valence-corrected chi connectivity index (χ3v) is 0. The maximum atomic E-state index is 7.00. The summed E-state index contributed by atoms with van der Waals surface area (Å²) < 4.78 is -0.750. The molecule has 0 heterocycles. The van der Waals surface area contributed by atoms with Crippen LogP contribution in [0.15, 0.2) is 0 Å². The molecule has 6 heteroatoms. The molecule has 1 N–H and O–H groups in total. The Morgan fingerprint density at radius 2 is 1.11 bits per heavy atom. The van der Waals surface area contributed by atoms with E-state index >= 15 is 0 Å². The normalized spacial score (nSPS) is 6.67. The minimum atomic E-state index is -0.750. The molecule has 0 fully saturated rings. The van der Waals surface area contributed by atoms with Gasteiger partial charge in [-0.15, -0.1) is 23.2 Å². The summed E-state index contributed by atoms with van der Waals surface area (Å²) >= 11 is 23.9. The molecule has 0 aliphatic heterocycles. The smallest absolute Gasteiger partial charge is 0.180 e. The number of aliphatic hydroxyl groups excluding tert-OH is 1. The molecule has 0 spiro atoms. The Bertz CT molecular complexity index is 23.4. The van der Waals surface area contributed by atoms with Gasteiger partial charge in [0.25, 0.3) is 0 Å². The highest BCUT2D eigenvalue weighted by Crippen LogP contribution is 2.03.